The van der Waals surface area contributed by atoms with Crippen LogP contribution in [0.3, 0.4) is 0 Å². The van der Waals surface area contributed by atoms with Gasteiger partial charge in [-0.1, -0.05) is 18.2 Å². The fourth-order valence-electron chi connectivity index (χ4n) is 1.56. The number of hydrogen-bond donors (Lipinski definition) is 1. The summed E-state index contributed by atoms with van der Waals surface area (Å²) in [5.74, 6) is -1.46. The molecule has 1 amide bonds. The number of hydrogen-bond acceptors (Lipinski definition) is 2. The lowest BCUT2D eigenvalue weighted by molar-refractivity contribution is -0.139. The number of carbonyl (C=O) groups excluding carboxylic acids is 1. The minimum Gasteiger partial charge on any atom is -0.481 e. The van der Waals surface area contributed by atoms with Crippen molar-refractivity contribution >= 4 is 11.9 Å². The topological polar surface area (TPSA) is 57.6 Å². The first-order valence-corrected chi connectivity index (χ1v) is 5.82. The lowest BCUT2D eigenvalue weighted by atomic mass is 10.1. The fraction of sp³-hybridized carbons (Fsp3) is 0.385. The summed E-state index contributed by atoms with van der Waals surface area (Å²) in [5.41, 5.74) is -0.567. The standard InChI is InChI=1S/C13H14F3NO3/c1-17(6-5-12(19)20)11(18)8-9-3-2-4-10(7-9)13(14,15)16/h2-4,7H,5-6,8H2,1H3,(H,19,20). The summed E-state index contributed by atoms with van der Waals surface area (Å²) in [5, 5.41) is 8.50. The molecule has 0 aliphatic heterocycles. The van der Waals surface area contributed by atoms with Gasteiger partial charge < -0.3 is 10.0 Å². The van der Waals surface area contributed by atoms with E-state index >= 15 is 0 Å². The van der Waals surface area contributed by atoms with E-state index in [9.17, 15) is 22.8 Å². The zero-order valence-electron chi connectivity index (χ0n) is 10.8. The highest BCUT2D eigenvalue weighted by Gasteiger charge is 2.30. The number of nitrogens with zero attached hydrogens (tertiary/aromatic N) is 1. The molecule has 4 nitrogen and oxygen atoms in total. The Morgan fingerprint density at radius 1 is 1.30 bits per heavy atom. The van der Waals surface area contributed by atoms with Gasteiger partial charge in [0.15, 0.2) is 0 Å². The molecule has 0 radical (unpaired) electrons. The fourth-order valence-corrected chi connectivity index (χ4v) is 1.56. The van der Waals surface area contributed by atoms with Crippen LogP contribution in [0.5, 0.6) is 0 Å². The van der Waals surface area contributed by atoms with Gasteiger partial charge in [-0.2, -0.15) is 13.2 Å². The molecule has 1 aromatic rings. The summed E-state index contributed by atoms with van der Waals surface area (Å²) in [6.45, 7) is 0.0210. The molecule has 0 aliphatic carbocycles. The molecule has 0 spiro atoms. The molecule has 0 unspecified atom stereocenters. The van der Waals surface area contributed by atoms with Crippen LogP contribution < -0.4 is 0 Å². The van der Waals surface area contributed by atoms with E-state index in [1.807, 2.05) is 0 Å². The Kier molecular flexibility index (Phi) is 5.12. The quantitative estimate of drug-likeness (QED) is 0.904. The van der Waals surface area contributed by atoms with Gasteiger partial charge in [0, 0.05) is 13.6 Å². The summed E-state index contributed by atoms with van der Waals surface area (Å²) in [6, 6.07) is 4.52. The Hall–Kier alpha value is -2.05. The lowest BCUT2D eigenvalue weighted by Crippen LogP contribution is -2.30. The van der Waals surface area contributed by atoms with E-state index in [1.165, 1.54) is 24.1 Å². The predicted molar refractivity (Wildman–Crippen MR) is 65.0 cm³/mol. The van der Waals surface area contributed by atoms with Crippen molar-refractivity contribution in [3.8, 4) is 0 Å². The lowest BCUT2D eigenvalue weighted by Gasteiger charge is -2.16. The van der Waals surface area contributed by atoms with Gasteiger partial charge in [-0.15, -0.1) is 0 Å². The number of carboxylic acid groups (broad SMARTS) is 1. The zero-order chi connectivity index (χ0) is 15.3. The number of likely N-dealkylation sites (N-methyl/N-ethyl adjacent to an activating group) is 1. The van der Waals surface area contributed by atoms with Crippen molar-refractivity contribution < 1.29 is 27.9 Å². The molecule has 7 heteroatoms. The number of carbonyl (C=O) groups is 2. The number of rotatable bonds is 5. The number of aliphatic carboxylic acids is 1. The molecule has 0 saturated carbocycles. The van der Waals surface area contributed by atoms with E-state index in [0.29, 0.717) is 0 Å². The van der Waals surface area contributed by atoms with E-state index in [1.54, 1.807) is 0 Å². The highest BCUT2D eigenvalue weighted by Crippen LogP contribution is 2.29. The average Bonchev–Trinajstić information content (AvgIpc) is 2.35. The zero-order valence-corrected chi connectivity index (χ0v) is 10.8. The van der Waals surface area contributed by atoms with Crippen molar-refractivity contribution in [3.63, 3.8) is 0 Å². The largest absolute Gasteiger partial charge is 0.481 e. The first kappa shape index (κ1) is 16.0. The van der Waals surface area contributed by atoms with Gasteiger partial charge in [0.25, 0.3) is 0 Å². The van der Waals surface area contributed by atoms with Gasteiger partial charge in [0.1, 0.15) is 0 Å². The van der Waals surface area contributed by atoms with E-state index in [-0.39, 0.29) is 24.9 Å². The van der Waals surface area contributed by atoms with E-state index in [2.05, 4.69) is 0 Å². The Bertz CT molecular complexity index is 500. The number of alkyl halides is 3. The normalized spacial score (nSPS) is 11.2. The van der Waals surface area contributed by atoms with Gasteiger partial charge in [0.2, 0.25) is 5.91 Å². The monoisotopic (exact) mass is 289 g/mol. The Labute approximate surface area is 113 Å². The van der Waals surface area contributed by atoms with Gasteiger partial charge in [-0.25, -0.2) is 0 Å². The summed E-state index contributed by atoms with van der Waals surface area (Å²) in [7, 11) is 1.42. The van der Waals surface area contributed by atoms with Crippen LogP contribution in [0, 0.1) is 0 Å². The van der Waals surface area contributed by atoms with Gasteiger partial charge in [-0.05, 0) is 11.6 Å². The van der Waals surface area contributed by atoms with Crippen molar-refractivity contribution in [2.45, 2.75) is 19.0 Å². The molecule has 1 N–H and O–H groups in total. The average molecular weight is 289 g/mol. The van der Waals surface area contributed by atoms with Gasteiger partial charge >= 0.3 is 12.1 Å². The predicted octanol–water partition coefficient (Wildman–Crippen LogP) is 2.18. The minimum absolute atomic E-state index is 0.0210. The van der Waals surface area contributed by atoms with Crippen molar-refractivity contribution in [1.82, 2.24) is 4.90 Å². The van der Waals surface area contributed by atoms with Crippen LogP contribution >= 0.6 is 0 Å². The molecule has 0 atom stereocenters. The molecule has 1 rings (SSSR count). The molecule has 110 valence electrons. The summed E-state index contributed by atoms with van der Waals surface area (Å²) in [4.78, 5) is 23.3. The smallest absolute Gasteiger partial charge is 0.416 e. The van der Waals surface area contributed by atoms with Gasteiger partial charge in [-0.3, -0.25) is 9.59 Å². The van der Waals surface area contributed by atoms with Crippen LogP contribution in [-0.2, 0) is 22.2 Å². The van der Waals surface area contributed by atoms with E-state index < -0.39 is 23.6 Å². The first-order chi connectivity index (χ1) is 9.20. The number of benzene rings is 1. The SMILES string of the molecule is CN(CCC(=O)O)C(=O)Cc1cccc(C(F)(F)F)c1. The summed E-state index contributed by atoms with van der Waals surface area (Å²) in [6.07, 6.45) is -4.85. The number of halogens is 3. The maximum Gasteiger partial charge on any atom is 0.416 e. The Morgan fingerprint density at radius 3 is 2.50 bits per heavy atom. The van der Waals surface area contributed by atoms with Crippen LogP contribution in [0.4, 0.5) is 13.2 Å². The van der Waals surface area contributed by atoms with E-state index in [4.69, 9.17) is 5.11 Å². The van der Waals surface area contributed by atoms with Gasteiger partial charge in [0.05, 0.1) is 18.4 Å². The second-order valence-corrected chi connectivity index (χ2v) is 4.33. The van der Waals surface area contributed by atoms with Crippen molar-refractivity contribution in [2.24, 2.45) is 0 Å². The second kappa shape index (κ2) is 6.40. The Balaban J connectivity index is 2.69. The molecule has 1 aromatic carbocycles. The molecule has 0 heterocycles. The maximum absolute atomic E-state index is 12.5. The highest BCUT2D eigenvalue weighted by atomic mass is 19.4. The minimum atomic E-state index is -4.45. The third kappa shape index (κ3) is 4.91. The second-order valence-electron chi connectivity index (χ2n) is 4.33. The molecular weight excluding hydrogens is 275 g/mol. The Morgan fingerprint density at radius 2 is 1.95 bits per heavy atom. The van der Waals surface area contributed by atoms with E-state index in [0.717, 1.165) is 12.1 Å². The van der Waals surface area contributed by atoms with Crippen LogP contribution in [0.2, 0.25) is 0 Å². The molecule has 20 heavy (non-hydrogen) atoms. The molecule has 0 aromatic heterocycles. The van der Waals surface area contributed by atoms with Crippen LogP contribution in [0.1, 0.15) is 17.5 Å². The van der Waals surface area contributed by atoms with Crippen molar-refractivity contribution in [1.29, 1.82) is 0 Å². The molecule has 0 bridgehead atoms. The number of carboxylic acids is 1. The first-order valence-electron chi connectivity index (χ1n) is 5.82. The molecular formula is C13H14F3NO3. The molecule has 0 saturated heterocycles. The third-order valence-electron chi connectivity index (χ3n) is 2.70. The third-order valence-corrected chi connectivity index (χ3v) is 2.70. The summed E-state index contributed by atoms with van der Waals surface area (Å²) < 4.78 is 37.5. The maximum atomic E-state index is 12.5. The van der Waals surface area contributed by atoms with Crippen LogP contribution in [-0.4, -0.2) is 35.5 Å². The highest BCUT2D eigenvalue weighted by molar-refractivity contribution is 5.79. The van der Waals surface area contributed by atoms with Crippen LogP contribution in [0.25, 0.3) is 0 Å². The molecule has 0 aliphatic rings. The van der Waals surface area contributed by atoms with Crippen molar-refractivity contribution in [2.75, 3.05) is 13.6 Å². The molecule has 0 fully saturated rings. The number of amides is 1. The van der Waals surface area contributed by atoms with Crippen molar-refractivity contribution in [3.05, 3.63) is 35.4 Å². The summed E-state index contributed by atoms with van der Waals surface area (Å²) >= 11 is 0. The van der Waals surface area contributed by atoms with Crippen LogP contribution in [0.15, 0.2) is 24.3 Å².